The molecule has 2 heterocycles. The number of Topliss-reactive ketones (excluding diaryl/α,β-unsaturated/α-hetero) is 1. The predicted octanol–water partition coefficient (Wildman–Crippen LogP) is 3.39. The summed E-state index contributed by atoms with van der Waals surface area (Å²) in [7, 11) is 0. The van der Waals surface area contributed by atoms with Gasteiger partial charge in [0.15, 0.2) is 6.61 Å². The lowest BCUT2D eigenvalue weighted by Crippen LogP contribution is -2.63. The van der Waals surface area contributed by atoms with Crippen LogP contribution in [0.5, 0.6) is 0 Å². The van der Waals surface area contributed by atoms with E-state index in [0.717, 1.165) is 5.69 Å². The van der Waals surface area contributed by atoms with Gasteiger partial charge in [-0.1, -0.05) is 18.2 Å². The molecule has 1 fully saturated rings. The van der Waals surface area contributed by atoms with Crippen molar-refractivity contribution in [1.82, 2.24) is 14.7 Å². The van der Waals surface area contributed by atoms with Crippen molar-refractivity contribution in [2.75, 3.05) is 6.61 Å². The van der Waals surface area contributed by atoms with Gasteiger partial charge in [-0.3, -0.25) is 9.59 Å². The Hall–Kier alpha value is -2.96. The number of para-hydroxylation sites is 1. The van der Waals surface area contributed by atoms with Gasteiger partial charge in [0, 0.05) is 23.9 Å². The van der Waals surface area contributed by atoms with Crippen molar-refractivity contribution in [2.24, 2.45) is 0 Å². The molecule has 1 saturated heterocycles. The van der Waals surface area contributed by atoms with Crippen LogP contribution in [0.4, 0.5) is 0 Å². The number of hydrogen-bond donors (Lipinski definition) is 0. The first-order valence-electron chi connectivity index (χ1n) is 10.1. The van der Waals surface area contributed by atoms with Crippen LogP contribution in [-0.2, 0) is 14.3 Å². The third kappa shape index (κ3) is 4.01. The molecule has 0 bridgehead atoms. The third-order valence-electron chi connectivity index (χ3n) is 5.54. The molecule has 0 atom stereocenters. The average Bonchev–Trinajstić information content (AvgIpc) is 2.92. The number of nitrogens with zero attached hydrogens (tertiary/aromatic N) is 3. The molecule has 30 heavy (non-hydrogen) atoms. The van der Waals surface area contributed by atoms with Crippen LogP contribution >= 0.6 is 0 Å². The maximum Gasteiger partial charge on any atom is 0.342 e. The largest absolute Gasteiger partial charge is 0.452 e. The number of benzene rings is 1. The summed E-state index contributed by atoms with van der Waals surface area (Å²) in [6, 6.07) is 9.51. The average molecular weight is 412 g/mol. The number of amides is 1. The molecule has 1 aliphatic rings. The summed E-state index contributed by atoms with van der Waals surface area (Å²) in [6.45, 7) is 10.6. The zero-order chi connectivity index (χ0) is 22.3. The summed E-state index contributed by atoms with van der Waals surface area (Å²) in [5.41, 5.74) is 1.13. The van der Waals surface area contributed by atoms with Gasteiger partial charge in [0.25, 0.3) is 5.91 Å². The molecule has 1 aliphatic heterocycles. The standard InChI is InChI=1S/C23H29N3O4/c1-15-20(16(2)25(24-15)17-10-8-7-9-11-17)21(29)30-14-19(28)26-22(3,4)12-18(27)13-23(26,5)6/h7-11H,12-14H2,1-6H3. The van der Waals surface area contributed by atoms with Gasteiger partial charge in [0.1, 0.15) is 11.3 Å². The molecule has 0 saturated carbocycles. The van der Waals surface area contributed by atoms with Crippen molar-refractivity contribution in [2.45, 2.75) is 65.5 Å². The fraction of sp³-hybridized carbons (Fsp3) is 0.478. The van der Waals surface area contributed by atoms with Gasteiger partial charge in [0.05, 0.1) is 17.1 Å². The van der Waals surface area contributed by atoms with Gasteiger partial charge in [-0.2, -0.15) is 5.10 Å². The second-order valence-electron chi connectivity index (χ2n) is 9.12. The van der Waals surface area contributed by atoms with Crippen LogP contribution in [0.15, 0.2) is 30.3 Å². The molecule has 2 aromatic rings. The van der Waals surface area contributed by atoms with Crippen LogP contribution in [0.1, 0.15) is 62.3 Å². The minimum absolute atomic E-state index is 0.130. The van der Waals surface area contributed by atoms with E-state index < -0.39 is 17.0 Å². The lowest BCUT2D eigenvalue weighted by atomic mass is 9.79. The van der Waals surface area contributed by atoms with E-state index in [-0.39, 0.29) is 31.1 Å². The summed E-state index contributed by atoms with van der Waals surface area (Å²) in [5.74, 6) is -0.758. The summed E-state index contributed by atoms with van der Waals surface area (Å²) in [6.07, 6.45) is 0.580. The Kier molecular flexibility index (Phi) is 5.58. The summed E-state index contributed by atoms with van der Waals surface area (Å²) >= 11 is 0. The van der Waals surface area contributed by atoms with Crippen LogP contribution in [0, 0.1) is 13.8 Å². The first-order valence-corrected chi connectivity index (χ1v) is 10.1. The molecule has 7 heteroatoms. The number of likely N-dealkylation sites (tertiary alicyclic amines) is 1. The maximum atomic E-state index is 13.0. The minimum atomic E-state index is -0.633. The molecule has 0 N–H and O–H groups in total. The van der Waals surface area contributed by atoms with E-state index in [9.17, 15) is 14.4 Å². The van der Waals surface area contributed by atoms with Crippen LogP contribution in [-0.4, -0.2) is 50.0 Å². The van der Waals surface area contributed by atoms with Crippen molar-refractivity contribution >= 4 is 17.7 Å². The smallest absolute Gasteiger partial charge is 0.342 e. The van der Waals surface area contributed by atoms with E-state index in [0.29, 0.717) is 17.0 Å². The highest BCUT2D eigenvalue weighted by Crippen LogP contribution is 2.36. The van der Waals surface area contributed by atoms with Gasteiger partial charge in [-0.25, -0.2) is 9.48 Å². The Balaban J connectivity index is 1.77. The number of ketones is 1. The second kappa shape index (κ2) is 7.70. The maximum absolute atomic E-state index is 13.0. The highest BCUT2D eigenvalue weighted by molar-refractivity contribution is 5.94. The molecule has 1 aromatic carbocycles. The monoisotopic (exact) mass is 411 g/mol. The first-order chi connectivity index (χ1) is 13.9. The van der Waals surface area contributed by atoms with E-state index >= 15 is 0 Å². The molecule has 7 nitrogen and oxygen atoms in total. The Bertz CT molecular complexity index is 969. The number of aromatic nitrogens is 2. The number of aryl methyl sites for hydroxylation is 1. The van der Waals surface area contributed by atoms with Crippen LogP contribution < -0.4 is 0 Å². The van der Waals surface area contributed by atoms with Gasteiger partial charge in [-0.15, -0.1) is 0 Å². The molecule has 160 valence electrons. The fourth-order valence-electron chi connectivity index (χ4n) is 4.70. The molecule has 0 aliphatic carbocycles. The number of carbonyl (C=O) groups is 3. The topological polar surface area (TPSA) is 81.5 Å². The fourth-order valence-corrected chi connectivity index (χ4v) is 4.70. The lowest BCUT2D eigenvalue weighted by molar-refractivity contribution is -0.156. The van der Waals surface area contributed by atoms with Gasteiger partial charge in [0.2, 0.25) is 0 Å². The summed E-state index contributed by atoms with van der Waals surface area (Å²) in [4.78, 5) is 39.5. The molecule has 3 rings (SSSR count). The highest BCUT2D eigenvalue weighted by Gasteiger charge is 2.47. The number of ether oxygens (including phenoxy) is 1. The quantitative estimate of drug-likeness (QED) is 0.721. The zero-order valence-corrected chi connectivity index (χ0v) is 18.5. The number of rotatable bonds is 4. The third-order valence-corrected chi connectivity index (χ3v) is 5.54. The molecule has 0 spiro atoms. The van der Waals surface area contributed by atoms with E-state index in [1.807, 2.05) is 58.0 Å². The molecular formula is C23H29N3O4. The van der Waals surface area contributed by atoms with E-state index in [1.165, 1.54) is 0 Å². The number of piperidine rings is 1. The number of esters is 1. The van der Waals surface area contributed by atoms with Crippen molar-refractivity contribution in [3.8, 4) is 5.69 Å². The van der Waals surface area contributed by atoms with Gasteiger partial charge >= 0.3 is 5.97 Å². The molecule has 1 amide bonds. The Morgan fingerprint density at radius 2 is 1.60 bits per heavy atom. The van der Waals surface area contributed by atoms with Gasteiger partial charge < -0.3 is 9.64 Å². The van der Waals surface area contributed by atoms with Crippen molar-refractivity contribution in [3.05, 3.63) is 47.3 Å². The SMILES string of the molecule is Cc1nn(-c2ccccc2)c(C)c1C(=O)OCC(=O)N1C(C)(C)CC(=O)CC1(C)C. The summed E-state index contributed by atoms with van der Waals surface area (Å²) in [5, 5.41) is 4.46. The van der Waals surface area contributed by atoms with E-state index in [2.05, 4.69) is 5.10 Å². The number of hydrogen-bond acceptors (Lipinski definition) is 5. The first kappa shape index (κ1) is 21.7. The van der Waals surface area contributed by atoms with E-state index in [4.69, 9.17) is 4.74 Å². The number of carbonyl (C=O) groups excluding carboxylic acids is 3. The van der Waals surface area contributed by atoms with Crippen molar-refractivity contribution in [1.29, 1.82) is 0 Å². The summed E-state index contributed by atoms with van der Waals surface area (Å²) < 4.78 is 7.09. The Morgan fingerprint density at radius 1 is 1.03 bits per heavy atom. The minimum Gasteiger partial charge on any atom is -0.452 e. The van der Waals surface area contributed by atoms with E-state index in [1.54, 1.807) is 23.4 Å². The zero-order valence-electron chi connectivity index (χ0n) is 18.5. The molecule has 1 aromatic heterocycles. The molecular weight excluding hydrogens is 382 g/mol. The highest BCUT2D eigenvalue weighted by atomic mass is 16.5. The van der Waals surface area contributed by atoms with Crippen LogP contribution in [0.3, 0.4) is 0 Å². The predicted molar refractivity (Wildman–Crippen MR) is 113 cm³/mol. The molecule has 0 unspecified atom stereocenters. The normalized spacial score (nSPS) is 17.7. The second-order valence-corrected chi connectivity index (χ2v) is 9.12. The van der Waals surface area contributed by atoms with Crippen LogP contribution in [0.25, 0.3) is 5.69 Å². The Labute approximate surface area is 177 Å². The van der Waals surface area contributed by atoms with Crippen molar-refractivity contribution < 1.29 is 19.1 Å². The van der Waals surface area contributed by atoms with Crippen LogP contribution in [0.2, 0.25) is 0 Å². The van der Waals surface area contributed by atoms with Crippen molar-refractivity contribution in [3.63, 3.8) is 0 Å². The molecule has 0 radical (unpaired) electrons. The van der Waals surface area contributed by atoms with Gasteiger partial charge in [-0.05, 0) is 53.7 Å². The Morgan fingerprint density at radius 3 is 2.17 bits per heavy atom. The lowest BCUT2D eigenvalue weighted by Gasteiger charge is -2.51.